The standard InChI is InChI=1S/C25H27NO4S2/c1-4-29-24(28)22(19-8-6-5-7-9-19)26-23(27)21(32-25(26)31)16-18-10-12-20(13-11-18)30-15-14-17(2)3/h5-13,16-17,22H,4,14-15H2,1-3H3/b21-16+. The van der Waals surface area contributed by atoms with E-state index in [4.69, 9.17) is 21.7 Å². The average molecular weight is 470 g/mol. The third-order valence-electron chi connectivity index (χ3n) is 4.85. The molecule has 0 aliphatic carbocycles. The number of nitrogens with zero attached hydrogens (tertiary/aromatic N) is 1. The van der Waals surface area contributed by atoms with E-state index in [0.717, 1.165) is 17.7 Å². The number of rotatable bonds is 9. The SMILES string of the molecule is CCOC(=O)C(c1ccccc1)N1C(=O)/C(=C\c2ccc(OCCC(C)C)cc2)SC1=S. The molecule has 1 fully saturated rings. The van der Waals surface area contributed by atoms with Crippen LogP contribution in [0.4, 0.5) is 0 Å². The van der Waals surface area contributed by atoms with Crippen molar-refractivity contribution in [2.24, 2.45) is 5.92 Å². The van der Waals surface area contributed by atoms with Gasteiger partial charge in [0, 0.05) is 0 Å². The maximum absolute atomic E-state index is 13.2. The molecule has 0 N–H and O–H groups in total. The molecule has 1 aliphatic heterocycles. The van der Waals surface area contributed by atoms with Crippen LogP contribution in [-0.4, -0.2) is 34.3 Å². The van der Waals surface area contributed by atoms with Crippen molar-refractivity contribution in [2.75, 3.05) is 13.2 Å². The van der Waals surface area contributed by atoms with Crippen LogP contribution in [0.3, 0.4) is 0 Å². The summed E-state index contributed by atoms with van der Waals surface area (Å²) in [7, 11) is 0. The normalized spacial score (nSPS) is 16.0. The Bertz CT molecular complexity index is 987. The Balaban J connectivity index is 1.79. The molecular formula is C25H27NO4S2. The number of thiocarbonyl (C=S) groups is 1. The van der Waals surface area contributed by atoms with E-state index in [1.165, 1.54) is 16.7 Å². The van der Waals surface area contributed by atoms with E-state index < -0.39 is 12.0 Å². The van der Waals surface area contributed by atoms with Gasteiger partial charge in [0.2, 0.25) is 0 Å². The Labute approximate surface area is 198 Å². The second kappa shape index (κ2) is 11.3. The summed E-state index contributed by atoms with van der Waals surface area (Å²) >= 11 is 6.67. The zero-order valence-electron chi connectivity index (χ0n) is 18.4. The monoisotopic (exact) mass is 469 g/mol. The topological polar surface area (TPSA) is 55.8 Å². The summed E-state index contributed by atoms with van der Waals surface area (Å²) in [6.45, 7) is 6.95. The van der Waals surface area contributed by atoms with Crippen LogP contribution in [0.5, 0.6) is 5.75 Å². The van der Waals surface area contributed by atoms with Crippen LogP contribution in [0.25, 0.3) is 6.08 Å². The highest BCUT2D eigenvalue weighted by Gasteiger charge is 2.42. The average Bonchev–Trinajstić information content (AvgIpc) is 3.04. The van der Waals surface area contributed by atoms with E-state index >= 15 is 0 Å². The molecule has 1 unspecified atom stereocenters. The quantitative estimate of drug-likeness (QED) is 0.270. The van der Waals surface area contributed by atoms with Crippen LogP contribution in [0.2, 0.25) is 0 Å². The highest BCUT2D eigenvalue weighted by atomic mass is 32.2. The highest BCUT2D eigenvalue weighted by molar-refractivity contribution is 8.26. The molecule has 2 aromatic rings. The number of amides is 1. The van der Waals surface area contributed by atoms with Crippen molar-refractivity contribution in [3.05, 3.63) is 70.6 Å². The lowest BCUT2D eigenvalue weighted by Crippen LogP contribution is -2.38. The van der Waals surface area contributed by atoms with Crippen LogP contribution in [0.15, 0.2) is 59.5 Å². The second-order valence-electron chi connectivity index (χ2n) is 7.72. The largest absolute Gasteiger partial charge is 0.494 e. The third kappa shape index (κ3) is 5.99. The highest BCUT2D eigenvalue weighted by Crippen LogP contribution is 2.38. The Kier molecular flexibility index (Phi) is 8.47. The van der Waals surface area contributed by atoms with Gasteiger partial charge in [-0.15, -0.1) is 0 Å². The van der Waals surface area contributed by atoms with Crippen molar-refractivity contribution in [3.8, 4) is 5.75 Å². The van der Waals surface area contributed by atoms with E-state index in [1.54, 1.807) is 25.1 Å². The van der Waals surface area contributed by atoms with Crippen molar-refractivity contribution in [1.29, 1.82) is 0 Å². The Morgan fingerprint density at radius 3 is 2.44 bits per heavy atom. The van der Waals surface area contributed by atoms with E-state index in [0.29, 0.717) is 27.3 Å². The summed E-state index contributed by atoms with van der Waals surface area (Å²) in [6.07, 6.45) is 2.78. The molecule has 168 valence electrons. The summed E-state index contributed by atoms with van der Waals surface area (Å²) in [4.78, 5) is 27.8. The molecule has 1 amide bonds. The van der Waals surface area contributed by atoms with Crippen molar-refractivity contribution < 1.29 is 19.1 Å². The summed E-state index contributed by atoms with van der Waals surface area (Å²) in [5, 5.41) is 0. The Morgan fingerprint density at radius 1 is 1.12 bits per heavy atom. The minimum Gasteiger partial charge on any atom is -0.494 e. The first-order valence-electron chi connectivity index (χ1n) is 10.6. The van der Waals surface area contributed by atoms with Gasteiger partial charge in [0.25, 0.3) is 5.91 Å². The van der Waals surface area contributed by atoms with E-state index in [2.05, 4.69) is 13.8 Å². The maximum Gasteiger partial charge on any atom is 0.333 e. The number of carbonyl (C=O) groups is 2. The lowest BCUT2D eigenvalue weighted by Gasteiger charge is -2.25. The predicted molar refractivity (Wildman–Crippen MR) is 132 cm³/mol. The van der Waals surface area contributed by atoms with Crippen LogP contribution >= 0.6 is 24.0 Å². The van der Waals surface area contributed by atoms with Crippen LogP contribution < -0.4 is 4.74 Å². The molecule has 0 radical (unpaired) electrons. The fourth-order valence-electron chi connectivity index (χ4n) is 3.17. The molecule has 1 atom stereocenters. The molecule has 2 aromatic carbocycles. The summed E-state index contributed by atoms with van der Waals surface area (Å²) < 4.78 is 11.3. The number of thioether (sulfide) groups is 1. The first-order valence-corrected chi connectivity index (χ1v) is 11.8. The van der Waals surface area contributed by atoms with Gasteiger partial charge < -0.3 is 9.47 Å². The number of carbonyl (C=O) groups excluding carboxylic acids is 2. The summed E-state index contributed by atoms with van der Waals surface area (Å²) in [6, 6.07) is 15.7. The molecule has 7 heteroatoms. The molecule has 1 saturated heterocycles. The molecule has 0 saturated carbocycles. The van der Waals surface area contributed by atoms with Gasteiger partial charge in [-0.3, -0.25) is 9.69 Å². The van der Waals surface area contributed by atoms with Gasteiger partial charge in [-0.05, 0) is 48.6 Å². The summed E-state index contributed by atoms with van der Waals surface area (Å²) in [5.41, 5.74) is 1.51. The minimum atomic E-state index is -0.911. The smallest absolute Gasteiger partial charge is 0.333 e. The molecule has 1 aliphatic rings. The van der Waals surface area contributed by atoms with E-state index in [-0.39, 0.29) is 12.5 Å². The number of hydrogen-bond acceptors (Lipinski definition) is 6. The van der Waals surface area contributed by atoms with Gasteiger partial charge >= 0.3 is 5.97 Å². The van der Waals surface area contributed by atoms with Crippen molar-refractivity contribution in [2.45, 2.75) is 33.2 Å². The molecule has 0 bridgehead atoms. The molecule has 5 nitrogen and oxygen atoms in total. The van der Waals surface area contributed by atoms with Crippen molar-refractivity contribution in [1.82, 2.24) is 4.90 Å². The number of ether oxygens (including phenoxy) is 2. The molecule has 0 spiro atoms. The van der Waals surface area contributed by atoms with Crippen LogP contribution in [0, 0.1) is 5.92 Å². The fraction of sp³-hybridized carbons (Fsp3) is 0.320. The summed E-state index contributed by atoms with van der Waals surface area (Å²) in [5.74, 6) is 0.575. The number of hydrogen-bond donors (Lipinski definition) is 0. The molecule has 3 rings (SSSR count). The number of benzene rings is 2. The zero-order chi connectivity index (χ0) is 23.1. The zero-order valence-corrected chi connectivity index (χ0v) is 20.1. The molecule has 0 aromatic heterocycles. The molecule has 1 heterocycles. The first kappa shape index (κ1) is 24.0. The van der Waals surface area contributed by atoms with Crippen LogP contribution in [-0.2, 0) is 14.3 Å². The lowest BCUT2D eigenvalue weighted by molar-refractivity contribution is -0.151. The van der Waals surface area contributed by atoms with Gasteiger partial charge in [0.05, 0.1) is 18.1 Å². The van der Waals surface area contributed by atoms with Gasteiger partial charge in [-0.1, -0.05) is 80.3 Å². The lowest BCUT2D eigenvalue weighted by atomic mass is 10.1. The van der Waals surface area contributed by atoms with E-state index in [1.807, 2.05) is 42.5 Å². The number of esters is 1. The Hall–Kier alpha value is -2.64. The predicted octanol–water partition coefficient (Wildman–Crippen LogP) is 5.62. The Morgan fingerprint density at radius 2 is 1.81 bits per heavy atom. The molecule has 32 heavy (non-hydrogen) atoms. The van der Waals surface area contributed by atoms with Crippen molar-refractivity contribution in [3.63, 3.8) is 0 Å². The fourth-order valence-corrected chi connectivity index (χ4v) is 4.49. The van der Waals surface area contributed by atoms with Crippen molar-refractivity contribution >= 4 is 46.3 Å². The second-order valence-corrected chi connectivity index (χ2v) is 9.39. The third-order valence-corrected chi connectivity index (χ3v) is 6.18. The van der Waals surface area contributed by atoms with E-state index in [9.17, 15) is 9.59 Å². The van der Waals surface area contributed by atoms with Gasteiger partial charge in [-0.25, -0.2) is 4.79 Å². The van der Waals surface area contributed by atoms with Gasteiger partial charge in [-0.2, -0.15) is 0 Å². The maximum atomic E-state index is 13.2. The molecular weight excluding hydrogens is 442 g/mol. The minimum absolute atomic E-state index is 0.221. The van der Waals surface area contributed by atoms with Gasteiger partial charge in [0.15, 0.2) is 6.04 Å². The first-order chi connectivity index (χ1) is 15.4. The van der Waals surface area contributed by atoms with Gasteiger partial charge in [0.1, 0.15) is 10.1 Å². The van der Waals surface area contributed by atoms with Crippen LogP contribution in [0.1, 0.15) is 44.4 Å².